The summed E-state index contributed by atoms with van der Waals surface area (Å²) in [6.45, 7) is 11.8. The standard InChI is InChI=1S/C21H33ClN4O2/c1-17(2)14-20(25-10-12-28-13-11-25)16-23-21(27)26-8-6-24(7-9-26)19-5-3-4-18(22)15-19/h3-5,15,17,20H,6-14,16H2,1-2H3,(H,23,27)/t20-/m1/s1. The van der Waals surface area contributed by atoms with Crippen molar-refractivity contribution in [3.8, 4) is 0 Å². The lowest BCUT2D eigenvalue weighted by Gasteiger charge is -2.38. The maximum absolute atomic E-state index is 12.7. The van der Waals surface area contributed by atoms with Crippen LogP contribution in [0.4, 0.5) is 10.5 Å². The minimum atomic E-state index is 0.0489. The molecule has 0 saturated carbocycles. The molecule has 2 fully saturated rings. The number of hydrogen-bond donors (Lipinski definition) is 1. The van der Waals surface area contributed by atoms with Gasteiger partial charge < -0.3 is 19.9 Å². The van der Waals surface area contributed by atoms with Crippen molar-refractivity contribution in [2.75, 3.05) is 63.9 Å². The highest BCUT2D eigenvalue weighted by molar-refractivity contribution is 6.30. The number of nitrogens with zero attached hydrogens (tertiary/aromatic N) is 3. The van der Waals surface area contributed by atoms with Crippen LogP contribution in [-0.4, -0.2) is 80.9 Å². The minimum absolute atomic E-state index is 0.0489. The molecule has 1 aromatic carbocycles. The molecule has 0 spiro atoms. The van der Waals surface area contributed by atoms with Crippen LogP contribution in [0.1, 0.15) is 20.3 Å². The van der Waals surface area contributed by atoms with Crippen molar-refractivity contribution >= 4 is 23.3 Å². The molecule has 6 nitrogen and oxygen atoms in total. The number of morpholine rings is 1. The summed E-state index contributed by atoms with van der Waals surface area (Å²) in [6.07, 6.45) is 1.09. The lowest BCUT2D eigenvalue weighted by atomic mass is 10.0. The Morgan fingerprint density at radius 2 is 1.86 bits per heavy atom. The zero-order valence-electron chi connectivity index (χ0n) is 17.1. The lowest BCUT2D eigenvalue weighted by Crippen LogP contribution is -2.55. The number of carbonyl (C=O) groups is 1. The molecule has 7 heteroatoms. The number of ether oxygens (including phenoxy) is 1. The van der Waals surface area contributed by atoms with Crippen LogP contribution >= 0.6 is 11.6 Å². The molecular weight excluding hydrogens is 376 g/mol. The first-order chi connectivity index (χ1) is 13.5. The highest BCUT2D eigenvalue weighted by Crippen LogP contribution is 2.21. The van der Waals surface area contributed by atoms with E-state index in [1.165, 1.54) is 0 Å². The SMILES string of the molecule is CC(C)C[C@H](CNC(=O)N1CCN(c2cccc(Cl)c2)CC1)N1CCOCC1. The van der Waals surface area contributed by atoms with Crippen LogP contribution in [0.5, 0.6) is 0 Å². The molecule has 0 unspecified atom stereocenters. The summed E-state index contributed by atoms with van der Waals surface area (Å²) in [4.78, 5) is 19.4. The Hall–Kier alpha value is -1.50. The van der Waals surface area contributed by atoms with Gasteiger partial charge in [-0.25, -0.2) is 4.79 Å². The van der Waals surface area contributed by atoms with Crippen LogP contribution in [0.2, 0.25) is 5.02 Å². The van der Waals surface area contributed by atoms with Gasteiger partial charge >= 0.3 is 6.03 Å². The Labute approximate surface area is 173 Å². The molecule has 0 aromatic heterocycles. The van der Waals surface area contributed by atoms with E-state index in [4.69, 9.17) is 16.3 Å². The van der Waals surface area contributed by atoms with Crippen molar-refractivity contribution in [3.05, 3.63) is 29.3 Å². The summed E-state index contributed by atoms with van der Waals surface area (Å²) in [7, 11) is 0. The van der Waals surface area contributed by atoms with Crippen molar-refractivity contribution in [1.29, 1.82) is 0 Å². The Morgan fingerprint density at radius 1 is 1.14 bits per heavy atom. The maximum atomic E-state index is 12.7. The quantitative estimate of drug-likeness (QED) is 0.786. The van der Waals surface area contributed by atoms with Gasteiger partial charge in [0.2, 0.25) is 0 Å². The average Bonchev–Trinajstić information content (AvgIpc) is 2.71. The highest BCUT2D eigenvalue weighted by atomic mass is 35.5. The Balaban J connectivity index is 1.47. The van der Waals surface area contributed by atoms with Gasteiger partial charge in [-0.15, -0.1) is 0 Å². The molecule has 2 heterocycles. The van der Waals surface area contributed by atoms with Gasteiger partial charge in [0.1, 0.15) is 0 Å². The van der Waals surface area contributed by atoms with E-state index in [1.54, 1.807) is 0 Å². The minimum Gasteiger partial charge on any atom is -0.379 e. The fourth-order valence-electron chi connectivity index (χ4n) is 4.01. The molecule has 0 radical (unpaired) electrons. The molecule has 2 saturated heterocycles. The maximum Gasteiger partial charge on any atom is 0.317 e. The molecule has 0 bridgehead atoms. The second kappa shape index (κ2) is 10.3. The highest BCUT2D eigenvalue weighted by Gasteiger charge is 2.25. The molecule has 1 aromatic rings. The van der Waals surface area contributed by atoms with Crippen LogP contribution < -0.4 is 10.2 Å². The van der Waals surface area contributed by atoms with Crippen molar-refractivity contribution in [2.45, 2.75) is 26.3 Å². The average molecular weight is 409 g/mol. The topological polar surface area (TPSA) is 48.1 Å². The first kappa shape index (κ1) is 21.2. The van der Waals surface area contributed by atoms with Crippen molar-refractivity contribution in [3.63, 3.8) is 0 Å². The summed E-state index contributed by atoms with van der Waals surface area (Å²) in [5.74, 6) is 0.603. The number of halogens is 1. The largest absolute Gasteiger partial charge is 0.379 e. The number of rotatable bonds is 6. The zero-order chi connectivity index (χ0) is 19.9. The molecule has 2 amide bonds. The van der Waals surface area contributed by atoms with Crippen LogP contribution in [0.25, 0.3) is 0 Å². The first-order valence-corrected chi connectivity index (χ1v) is 10.8. The van der Waals surface area contributed by atoms with Crippen LogP contribution in [0, 0.1) is 5.92 Å². The number of carbonyl (C=O) groups excluding carboxylic acids is 1. The molecule has 156 valence electrons. The Bertz CT molecular complexity index is 629. The molecule has 0 aliphatic carbocycles. The van der Waals surface area contributed by atoms with Crippen molar-refractivity contribution in [2.24, 2.45) is 5.92 Å². The van der Waals surface area contributed by atoms with Gasteiger partial charge in [-0.2, -0.15) is 0 Å². The first-order valence-electron chi connectivity index (χ1n) is 10.4. The molecule has 3 rings (SSSR count). The van der Waals surface area contributed by atoms with E-state index >= 15 is 0 Å². The smallest absolute Gasteiger partial charge is 0.317 e. The second-order valence-electron chi connectivity index (χ2n) is 8.07. The summed E-state index contributed by atoms with van der Waals surface area (Å²) < 4.78 is 5.48. The molecule has 28 heavy (non-hydrogen) atoms. The van der Waals surface area contributed by atoms with Crippen molar-refractivity contribution < 1.29 is 9.53 Å². The summed E-state index contributed by atoms with van der Waals surface area (Å²) >= 11 is 6.10. The predicted octanol–water partition coefficient (Wildman–Crippen LogP) is 2.92. The van der Waals surface area contributed by atoms with Gasteiger partial charge in [-0.3, -0.25) is 4.90 Å². The number of piperazine rings is 1. The van der Waals surface area contributed by atoms with Gasteiger partial charge in [0.15, 0.2) is 0 Å². The van der Waals surface area contributed by atoms with Crippen LogP contribution in [0.15, 0.2) is 24.3 Å². The third kappa shape index (κ3) is 6.00. The third-order valence-corrected chi connectivity index (χ3v) is 5.77. The van der Waals surface area contributed by atoms with Gasteiger partial charge in [0.05, 0.1) is 13.2 Å². The van der Waals surface area contributed by atoms with E-state index in [9.17, 15) is 4.79 Å². The summed E-state index contributed by atoms with van der Waals surface area (Å²) in [6, 6.07) is 8.33. The molecule has 2 aliphatic heterocycles. The molecular formula is C21H33ClN4O2. The normalized spacial score (nSPS) is 19.7. The van der Waals surface area contributed by atoms with E-state index in [1.807, 2.05) is 23.1 Å². The van der Waals surface area contributed by atoms with E-state index in [-0.39, 0.29) is 6.03 Å². The van der Waals surface area contributed by atoms with Gasteiger partial charge in [0.25, 0.3) is 0 Å². The number of benzene rings is 1. The molecule has 1 atom stereocenters. The lowest BCUT2D eigenvalue weighted by molar-refractivity contribution is 0.0127. The molecule has 2 aliphatic rings. The van der Waals surface area contributed by atoms with E-state index in [0.29, 0.717) is 18.5 Å². The van der Waals surface area contributed by atoms with Gasteiger partial charge in [0, 0.05) is 62.6 Å². The predicted molar refractivity (Wildman–Crippen MR) is 114 cm³/mol. The number of urea groups is 1. The van der Waals surface area contributed by atoms with Crippen LogP contribution in [0.3, 0.4) is 0 Å². The number of hydrogen-bond acceptors (Lipinski definition) is 4. The van der Waals surface area contributed by atoms with Crippen LogP contribution in [-0.2, 0) is 4.74 Å². The van der Waals surface area contributed by atoms with E-state index in [0.717, 1.165) is 69.6 Å². The fraction of sp³-hybridized carbons (Fsp3) is 0.667. The van der Waals surface area contributed by atoms with Crippen molar-refractivity contribution in [1.82, 2.24) is 15.1 Å². The summed E-state index contributed by atoms with van der Waals surface area (Å²) in [5.41, 5.74) is 1.12. The fourth-order valence-corrected chi connectivity index (χ4v) is 4.19. The Morgan fingerprint density at radius 3 is 2.50 bits per heavy atom. The number of amides is 2. The van der Waals surface area contributed by atoms with E-state index < -0.39 is 0 Å². The third-order valence-electron chi connectivity index (χ3n) is 5.53. The second-order valence-corrected chi connectivity index (χ2v) is 8.51. The van der Waals surface area contributed by atoms with Gasteiger partial charge in [-0.05, 0) is 30.5 Å². The van der Waals surface area contributed by atoms with Gasteiger partial charge in [-0.1, -0.05) is 31.5 Å². The monoisotopic (exact) mass is 408 g/mol. The number of nitrogens with one attached hydrogen (secondary N) is 1. The molecule has 1 N–H and O–H groups in total. The Kier molecular flexibility index (Phi) is 7.82. The number of anilines is 1. The van der Waals surface area contributed by atoms with E-state index in [2.05, 4.69) is 35.0 Å². The summed E-state index contributed by atoms with van der Waals surface area (Å²) in [5, 5.41) is 3.93. The zero-order valence-corrected chi connectivity index (χ0v) is 17.8.